The van der Waals surface area contributed by atoms with Gasteiger partial charge in [-0.3, -0.25) is 4.57 Å². The van der Waals surface area contributed by atoms with E-state index in [2.05, 4.69) is 5.32 Å². The molecule has 2 aromatic rings. The van der Waals surface area contributed by atoms with Crippen molar-refractivity contribution in [2.45, 2.75) is 19.9 Å². The van der Waals surface area contributed by atoms with Crippen molar-refractivity contribution in [1.82, 2.24) is 14.5 Å². The molecule has 5 nitrogen and oxygen atoms in total. The monoisotopic (exact) mass is 299 g/mol. The van der Waals surface area contributed by atoms with Crippen LogP contribution in [0.3, 0.4) is 0 Å². The summed E-state index contributed by atoms with van der Waals surface area (Å²) >= 11 is 5.50. The molecule has 0 aliphatic heterocycles. The molecule has 108 valence electrons. The molecular formula is C13H15ClFN3O2. The van der Waals surface area contributed by atoms with Crippen molar-refractivity contribution in [3.05, 3.63) is 34.5 Å². The Hall–Kier alpha value is -1.82. The van der Waals surface area contributed by atoms with Crippen LogP contribution in [0.2, 0.25) is 0 Å². The summed E-state index contributed by atoms with van der Waals surface area (Å²) in [4.78, 5) is 24.4. The maximum Gasteiger partial charge on any atom is 0.337 e. The van der Waals surface area contributed by atoms with Gasteiger partial charge in [-0.15, -0.1) is 11.6 Å². The van der Waals surface area contributed by atoms with Gasteiger partial charge in [0.25, 0.3) is 0 Å². The van der Waals surface area contributed by atoms with Crippen LogP contribution < -0.4 is 11.0 Å². The fourth-order valence-corrected chi connectivity index (χ4v) is 2.22. The first-order valence-corrected chi connectivity index (χ1v) is 6.77. The van der Waals surface area contributed by atoms with E-state index >= 15 is 0 Å². The molecular weight excluding hydrogens is 285 g/mol. The molecule has 0 bridgehead atoms. The number of imidazole rings is 1. The van der Waals surface area contributed by atoms with Gasteiger partial charge in [-0.2, -0.15) is 0 Å². The van der Waals surface area contributed by atoms with Crippen molar-refractivity contribution in [3.63, 3.8) is 0 Å². The van der Waals surface area contributed by atoms with Crippen molar-refractivity contribution in [3.8, 4) is 0 Å². The lowest BCUT2D eigenvalue weighted by molar-refractivity contribution is 0.242. The van der Waals surface area contributed by atoms with Gasteiger partial charge in [0.15, 0.2) is 0 Å². The number of halogens is 2. The lowest BCUT2D eigenvalue weighted by Crippen LogP contribution is -2.38. The Morgan fingerprint density at radius 3 is 2.70 bits per heavy atom. The molecule has 0 spiro atoms. The minimum absolute atomic E-state index is 0.141. The van der Waals surface area contributed by atoms with Crippen LogP contribution in [0.25, 0.3) is 11.0 Å². The molecule has 1 heterocycles. The molecule has 0 saturated heterocycles. The summed E-state index contributed by atoms with van der Waals surface area (Å²) < 4.78 is 15.8. The molecule has 1 aromatic heterocycles. The van der Waals surface area contributed by atoms with E-state index in [4.69, 9.17) is 11.6 Å². The van der Waals surface area contributed by atoms with Gasteiger partial charge >= 0.3 is 11.7 Å². The molecule has 0 radical (unpaired) electrons. The second-order valence-electron chi connectivity index (χ2n) is 4.64. The van der Waals surface area contributed by atoms with Gasteiger partial charge in [-0.05, 0) is 26.0 Å². The second-order valence-corrected chi connectivity index (χ2v) is 5.01. The van der Waals surface area contributed by atoms with Crippen LogP contribution in [0.5, 0.6) is 0 Å². The molecule has 7 heteroatoms. The fraction of sp³-hybridized carbons (Fsp3) is 0.385. The zero-order valence-corrected chi connectivity index (χ0v) is 11.9. The molecule has 0 saturated carbocycles. The quantitative estimate of drug-likeness (QED) is 0.884. The minimum Gasteiger partial charge on any atom is -0.336 e. The van der Waals surface area contributed by atoms with Crippen LogP contribution in [0.15, 0.2) is 23.0 Å². The number of nitrogens with one attached hydrogen (secondary N) is 1. The summed E-state index contributed by atoms with van der Waals surface area (Å²) in [7, 11) is 0. The largest absolute Gasteiger partial charge is 0.337 e. The van der Waals surface area contributed by atoms with Gasteiger partial charge in [0, 0.05) is 24.5 Å². The molecule has 0 aliphatic rings. The molecule has 0 unspecified atom stereocenters. The summed E-state index contributed by atoms with van der Waals surface area (Å²) in [5.41, 5.74) is 0.274. The van der Waals surface area contributed by atoms with E-state index in [9.17, 15) is 14.0 Å². The zero-order valence-electron chi connectivity index (χ0n) is 11.2. The molecule has 1 aromatic carbocycles. The highest BCUT2D eigenvalue weighted by Gasteiger charge is 2.20. The first-order valence-electron chi connectivity index (χ1n) is 6.24. The first kappa shape index (κ1) is 14.6. The van der Waals surface area contributed by atoms with E-state index in [0.29, 0.717) is 5.52 Å². The summed E-state index contributed by atoms with van der Waals surface area (Å²) in [5, 5.41) is 2.51. The maximum absolute atomic E-state index is 13.4. The Balaban J connectivity index is 2.69. The number of amides is 1. The topological polar surface area (TPSA) is 56.0 Å². The smallest absolute Gasteiger partial charge is 0.336 e. The lowest BCUT2D eigenvalue weighted by atomic mass is 10.3. The highest BCUT2D eigenvalue weighted by Crippen LogP contribution is 2.18. The Morgan fingerprint density at radius 2 is 2.10 bits per heavy atom. The van der Waals surface area contributed by atoms with Gasteiger partial charge in [0.05, 0.1) is 11.0 Å². The fourth-order valence-electron chi connectivity index (χ4n) is 2.12. The third-order valence-electron chi connectivity index (χ3n) is 2.93. The number of rotatable bonds is 3. The van der Waals surface area contributed by atoms with E-state index in [-0.39, 0.29) is 24.0 Å². The van der Waals surface area contributed by atoms with Crippen molar-refractivity contribution in [2.75, 3.05) is 12.4 Å². The van der Waals surface area contributed by atoms with E-state index < -0.39 is 17.5 Å². The van der Waals surface area contributed by atoms with E-state index in [1.165, 1.54) is 22.8 Å². The Bertz CT molecular complexity index is 705. The van der Waals surface area contributed by atoms with Crippen molar-refractivity contribution in [2.24, 2.45) is 0 Å². The van der Waals surface area contributed by atoms with E-state index in [1.807, 2.05) is 13.8 Å². The highest BCUT2D eigenvalue weighted by atomic mass is 35.5. The predicted molar refractivity (Wildman–Crippen MR) is 76.1 cm³/mol. The number of aromatic nitrogens is 2. The molecule has 0 atom stereocenters. The number of fused-ring (bicyclic) bond motifs is 1. The number of hydrogen-bond acceptors (Lipinski definition) is 2. The molecule has 0 fully saturated rings. The van der Waals surface area contributed by atoms with Gasteiger partial charge in [0.2, 0.25) is 0 Å². The van der Waals surface area contributed by atoms with Crippen LogP contribution in [-0.4, -0.2) is 27.6 Å². The normalized spacial score (nSPS) is 11.2. The minimum atomic E-state index is -0.606. The van der Waals surface area contributed by atoms with Crippen LogP contribution in [0.1, 0.15) is 19.9 Å². The predicted octanol–water partition coefficient (Wildman–Crippen LogP) is 2.32. The first-order chi connectivity index (χ1) is 9.47. The number of carbonyl (C=O) groups is 1. The summed E-state index contributed by atoms with van der Waals surface area (Å²) in [6.45, 7) is 3.88. The maximum atomic E-state index is 13.4. The number of carbonyl (C=O) groups excluding carboxylic acids is 1. The van der Waals surface area contributed by atoms with Gasteiger partial charge in [0.1, 0.15) is 5.82 Å². The standard InChI is InChI=1S/C13H15ClFN3O2/c1-8(2)17-10-4-3-9(15)7-11(10)18(13(17)20)12(19)16-6-5-14/h3-4,7-8H,5-6H2,1-2H3,(H,16,19). The molecule has 2 rings (SSSR count). The molecule has 20 heavy (non-hydrogen) atoms. The van der Waals surface area contributed by atoms with Crippen molar-refractivity contribution in [1.29, 1.82) is 0 Å². The summed E-state index contributed by atoms with van der Waals surface area (Å²) in [6.07, 6.45) is 0. The molecule has 1 N–H and O–H groups in total. The Kier molecular flexibility index (Phi) is 4.13. The SMILES string of the molecule is CC(C)n1c(=O)n(C(=O)NCCCl)c2cc(F)ccc21. The number of nitrogens with zero attached hydrogens (tertiary/aromatic N) is 2. The van der Waals surface area contributed by atoms with E-state index in [0.717, 1.165) is 4.57 Å². The molecule has 0 aliphatic carbocycles. The zero-order chi connectivity index (χ0) is 14.9. The van der Waals surface area contributed by atoms with Gasteiger partial charge < -0.3 is 5.32 Å². The van der Waals surface area contributed by atoms with Crippen LogP contribution in [0, 0.1) is 5.82 Å². The summed E-state index contributed by atoms with van der Waals surface area (Å²) in [6, 6.07) is 3.19. The third-order valence-corrected chi connectivity index (χ3v) is 3.11. The van der Waals surface area contributed by atoms with Crippen LogP contribution in [-0.2, 0) is 0 Å². The average molecular weight is 300 g/mol. The third kappa shape index (κ3) is 2.43. The lowest BCUT2D eigenvalue weighted by Gasteiger charge is -2.06. The Morgan fingerprint density at radius 1 is 1.40 bits per heavy atom. The van der Waals surface area contributed by atoms with Crippen LogP contribution >= 0.6 is 11.6 Å². The number of alkyl halides is 1. The van der Waals surface area contributed by atoms with Crippen molar-refractivity contribution >= 4 is 28.7 Å². The summed E-state index contributed by atoms with van der Waals surface area (Å²) in [5.74, 6) is -0.269. The van der Waals surface area contributed by atoms with E-state index in [1.54, 1.807) is 0 Å². The van der Waals surface area contributed by atoms with Crippen LogP contribution in [0.4, 0.5) is 9.18 Å². The molecule has 1 amide bonds. The van der Waals surface area contributed by atoms with Gasteiger partial charge in [-0.25, -0.2) is 18.5 Å². The number of benzene rings is 1. The van der Waals surface area contributed by atoms with Crippen molar-refractivity contribution < 1.29 is 9.18 Å². The number of hydrogen-bond donors (Lipinski definition) is 1. The average Bonchev–Trinajstić information content (AvgIpc) is 2.67. The Labute approximate surface area is 119 Å². The second kappa shape index (κ2) is 5.66. The van der Waals surface area contributed by atoms with Gasteiger partial charge in [-0.1, -0.05) is 0 Å². The highest BCUT2D eigenvalue weighted by molar-refractivity contribution is 6.18.